The number of aromatic amines is 1. The normalized spacial score (nSPS) is 16.4. The number of fused-ring (bicyclic) bond motifs is 3. The van der Waals surface area contributed by atoms with Crippen molar-refractivity contribution in [2.45, 2.75) is 5.92 Å². The molecule has 4 aromatic carbocycles. The zero-order valence-corrected chi connectivity index (χ0v) is 20.1. The second kappa shape index (κ2) is 8.32. The van der Waals surface area contributed by atoms with Gasteiger partial charge in [0.15, 0.2) is 0 Å². The molecule has 0 spiro atoms. The van der Waals surface area contributed by atoms with E-state index in [0.717, 1.165) is 55.7 Å². The maximum Gasteiger partial charge on any atom is 0.337 e. The molecule has 1 unspecified atom stereocenters. The Hall–Kier alpha value is -4.42. The molecule has 7 heteroatoms. The fraction of sp³-hybridized carbons (Fsp3) is 0.0667. The predicted octanol–water partition coefficient (Wildman–Crippen LogP) is 7.06. The number of halogens is 2. The number of nitrogens with one attached hydrogen (secondary N) is 2. The van der Waals surface area contributed by atoms with E-state index in [0.29, 0.717) is 10.6 Å². The number of carbonyl (C=O) groups excluding carboxylic acids is 1. The molecule has 0 saturated carbocycles. The Bertz CT molecular complexity index is 1720. The molecule has 2 aliphatic rings. The van der Waals surface area contributed by atoms with Crippen LogP contribution in [0.15, 0.2) is 96.3 Å². The lowest BCUT2D eigenvalue weighted by Gasteiger charge is -2.27. The number of anilines is 1. The van der Waals surface area contributed by atoms with E-state index in [9.17, 15) is 9.18 Å². The van der Waals surface area contributed by atoms with Crippen molar-refractivity contribution < 1.29 is 13.9 Å². The third-order valence-corrected chi connectivity index (χ3v) is 7.29. The van der Waals surface area contributed by atoms with E-state index in [1.54, 1.807) is 12.3 Å². The predicted molar refractivity (Wildman–Crippen MR) is 142 cm³/mol. The van der Waals surface area contributed by atoms with E-state index in [2.05, 4.69) is 39.8 Å². The highest BCUT2D eigenvalue weighted by atomic mass is 35.5. The van der Waals surface area contributed by atoms with Gasteiger partial charge in [-0.2, -0.15) is 5.10 Å². The molecule has 37 heavy (non-hydrogen) atoms. The Morgan fingerprint density at radius 3 is 2.32 bits per heavy atom. The lowest BCUT2D eigenvalue weighted by molar-refractivity contribution is -0.136. The topological polar surface area (TPSA) is 67.0 Å². The number of esters is 1. The maximum absolute atomic E-state index is 13.8. The van der Waals surface area contributed by atoms with Crippen LogP contribution >= 0.6 is 11.6 Å². The molecule has 0 aliphatic carbocycles. The SMILES string of the molecule is O=C1OCC2=C1C(c1ccc(-c3ccc(-c4cc(F)cc(Cl)c4)cc3)cc1)c1c(ccc3cn[nH]c13)N2. The van der Waals surface area contributed by atoms with Crippen molar-refractivity contribution in [3.8, 4) is 22.3 Å². The Morgan fingerprint density at radius 1 is 0.892 bits per heavy atom. The van der Waals surface area contributed by atoms with Crippen LogP contribution in [0.5, 0.6) is 0 Å². The van der Waals surface area contributed by atoms with E-state index in [-0.39, 0.29) is 24.3 Å². The molecule has 7 rings (SSSR count). The van der Waals surface area contributed by atoms with Gasteiger partial charge in [0.2, 0.25) is 0 Å². The number of hydrogen-bond donors (Lipinski definition) is 2. The Kier molecular flexibility index (Phi) is 4.91. The van der Waals surface area contributed by atoms with Gasteiger partial charge in [-0.25, -0.2) is 9.18 Å². The fourth-order valence-electron chi connectivity index (χ4n) is 5.34. The van der Waals surface area contributed by atoms with E-state index in [1.807, 2.05) is 36.4 Å². The maximum atomic E-state index is 13.8. The second-order valence-corrected chi connectivity index (χ2v) is 9.68. The van der Waals surface area contributed by atoms with Crippen molar-refractivity contribution >= 4 is 34.2 Å². The van der Waals surface area contributed by atoms with Gasteiger partial charge in [0, 0.05) is 27.6 Å². The third-order valence-electron chi connectivity index (χ3n) is 7.07. The zero-order chi connectivity index (χ0) is 25.1. The molecule has 3 heterocycles. The van der Waals surface area contributed by atoms with Crippen LogP contribution in [0.2, 0.25) is 5.02 Å². The minimum absolute atomic E-state index is 0.242. The lowest BCUT2D eigenvalue weighted by Crippen LogP contribution is -2.20. The molecule has 1 atom stereocenters. The van der Waals surface area contributed by atoms with Crippen molar-refractivity contribution in [2.24, 2.45) is 0 Å². The number of aromatic nitrogens is 2. The van der Waals surface area contributed by atoms with Crippen LogP contribution in [0.1, 0.15) is 17.0 Å². The van der Waals surface area contributed by atoms with Crippen molar-refractivity contribution in [1.82, 2.24) is 10.2 Å². The summed E-state index contributed by atoms with van der Waals surface area (Å²) < 4.78 is 19.2. The van der Waals surface area contributed by atoms with Crippen LogP contribution in [0, 0.1) is 5.82 Å². The third kappa shape index (κ3) is 3.60. The fourth-order valence-corrected chi connectivity index (χ4v) is 5.56. The molecule has 0 fully saturated rings. The van der Waals surface area contributed by atoms with Crippen molar-refractivity contribution in [3.05, 3.63) is 118 Å². The van der Waals surface area contributed by atoms with E-state index in [4.69, 9.17) is 16.3 Å². The second-order valence-electron chi connectivity index (χ2n) is 9.24. The summed E-state index contributed by atoms with van der Waals surface area (Å²) in [5.41, 5.74) is 8.94. The summed E-state index contributed by atoms with van der Waals surface area (Å²) in [7, 11) is 0. The van der Waals surface area contributed by atoms with E-state index in [1.165, 1.54) is 12.1 Å². The molecule has 180 valence electrons. The molecule has 2 aliphatic heterocycles. The average Bonchev–Trinajstić information content (AvgIpc) is 3.54. The van der Waals surface area contributed by atoms with Crippen LogP contribution in [0.3, 0.4) is 0 Å². The Labute approximate surface area is 216 Å². The summed E-state index contributed by atoms with van der Waals surface area (Å²) in [5.74, 6) is -0.940. The first kappa shape index (κ1) is 21.8. The molecule has 5 nitrogen and oxygen atoms in total. The van der Waals surface area contributed by atoms with Gasteiger partial charge in [-0.15, -0.1) is 0 Å². The minimum atomic E-state index is -0.363. The Balaban J connectivity index is 1.26. The van der Waals surface area contributed by atoms with Crippen LogP contribution in [-0.2, 0) is 9.53 Å². The smallest absolute Gasteiger partial charge is 0.337 e. The lowest BCUT2D eigenvalue weighted by atomic mass is 9.80. The van der Waals surface area contributed by atoms with Gasteiger partial charge < -0.3 is 10.1 Å². The monoisotopic (exact) mass is 507 g/mol. The molecule has 2 N–H and O–H groups in total. The summed E-state index contributed by atoms with van der Waals surface area (Å²) >= 11 is 6.02. The highest BCUT2D eigenvalue weighted by Gasteiger charge is 2.39. The van der Waals surface area contributed by atoms with Crippen LogP contribution in [0.4, 0.5) is 10.1 Å². The van der Waals surface area contributed by atoms with Crippen LogP contribution < -0.4 is 5.32 Å². The van der Waals surface area contributed by atoms with Gasteiger partial charge in [0.1, 0.15) is 12.4 Å². The Morgan fingerprint density at radius 2 is 1.59 bits per heavy atom. The number of H-pyrrole nitrogens is 1. The van der Waals surface area contributed by atoms with Crippen LogP contribution in [0.25, 0.3) is 33.2 Å². The largest absolute Gasteiger partial charge is 0.456 e. The van der Waals surface area contributed by atoms with Gasteiger partial charge in [0.25, 0.3) is 0 Å². The molecule has 0 radical (unpaired) electrons. The highest BCUT2D eigenvalue weighted by molar-refractivity contribution is 6.30. The average molecular weight is 508 g/mol. The number of ether oxygens (including phenoxy) is 1. The first-order chi connectivity index (χ1) is 18.0. The van der Waals surface area contributed by atoms with Gasteiger partial charge in [0.05, 0.1) is 23.0 Å². The van der Waals surface area contributed by atoms with Gasteiger partial charge in [-0.05, 0) is 58.1 Å². The van der Waals surface area contributed by atoms with Crippen molar-refractivity contribution in [1.29, 1.82) is 0 Å². The first-order valence-electron chi connectivity index (χ1n) is 11.9. The number of nitrogens with zero attached hydrogens (tertiary/aromatic N) is 1. The van der Waals surface area contributed by atoms with Crippen LogP contribution in [-0.4, -0.2) is 22.8 Å². The van der Waals surface area contributed by atoms with Gasteiger partial charge in [-0.1, -0.05) is 60.1 Å². The summed E-state index contributed by atoms with van der Waals surface area (Å²) in [4.78, 5) is 12.8. The zero-order valence-electron chi connectivity index (χ0n) is 19.4. The minimum Gasteiger partial charge on any atom is -0.456 e. The number of carbonyl (C=O) groups is 1. The quantitative estimate of drug-likeness (QED) is 0.257. The van der Waals surface area contributed by atoms with Gasteiger partial charge >= 0.3 is 5.97 Å². The standard InChI is InChI=1S/C30H19ClFN3O2/c31-22-11-21(12-23(32)13-22)18-3-1-16(2-4-18)17-5-7-19(8-6-17)26-27-24(10-9-20-14-33-35-29(20)27)34-25-15-37-30(36)28(25)26/h1-14,26,34H,15H2,(H,33,35). The molecule has 5 aromatic rings. The molecule has 0 amide bonds. The van der Waals surface area contributed by atoms with Crippen molar-refractivity contribution in [3.63, 3.8) is 0 Å². The molecule has 1 aromatic heterocycles. The number of rotatable bonds is 3. The van der Waals surface area contributed by atoms with E-state index < -0.39 is 0 Å². The van der Waals surface area contributed by atoms with Gasteiger partial charge in [-0.3, -0.25) is 5.10 Å². The summed E-state index contributed by atoms with van der Waals surface area (Å²) in [6.07, 6.45) is 1.79. The number of cyclic esters (lactones) is 1. The number of benzene rings is 4. The molecule has 0 saturated heterocycles. The van der Waals surface area contributed by atoms with E-state index >= 15 is 0 Å². The highest BCUT2D eigenvalue weighted by Crippen LogP contribution is 2.47. The van der Waals surface area contributed by atoms with Crippen molar-refractivity contribution in [2.75, 3.05) is 11.9 Å². The first-order valence-corrected chi connectivity index (χ1v) is 12.2. The molecular formula is C30H19ClFN3O2. The summed E-state index contributed by atoms with van der Waals surface area (Å²) in [6.45, 7) is 0.242. The number of hydrogen-bond acceptors (Lipinski definition) is 4. The molecular weight excluding hydrogens is 489 g/mol. The summed E-state index contributed by atoms with van der Waals surface area (Å²) in [6, 6.07) is 24.7. The summed E-state index contributed by atoms with van der Waals surface area (Å²) in [5, 5.41) is 12.1. The molecule has 0 bridgehead atoms.